The molecule has 0 aliphatic rings. The van der Waals surface area contributed by atoms with Crippen LogP contribution in [-0.2, 0) is 14.8 Å². The van der Waals surface area contributed by atoms with Crippen molar-refractivity contribution < 1.29 is 18.1 Å². The number of hydrogen-bond donors (Lipinski definition) is 1. The van der Waals surface area contributed by atoms with Crippen molar-refractivity contribution in [3.05, 3.63) is 63.7 Å². The van der Waals surface area contributed by atoms with E-state index in [1.165, 1.54) is 7.05 Å². The predicted octanol–water partition coefficient (Wildman–Crippen LogP) is 2.47. The van der Waals surface area contributed by atoms with Gasteiger partial charge in [0.2, 0.25) is 15.9 Å². The summed E-state index contributed by atoms with van der Waals surface area (Å²) in [5, 5.41) is 13.4. The number of nitrogens with zero attached hydrogens (tertiary/aromatic N) is 2. The first kappa shape index (κ1) is 19.5. The quantitative estimate of drug-likeness (QED) is 0.614. The highest BCUT2D eigenvalue weighted by Crippen LogP contribution is 2.20. The second-order valence-corrected chi connectivity index (χ2v) is 7.85. The number of nitro groups is 1. The predicted molar refractivity (Wildman–Crippen MR) is 97.5 cm³/mol. The van der Waals surface area contributed by atoms with E-state index in [0.29, 0.717) is 5.69 Å². The lowest BCUT2D eigenvalue weighted by Gasteiger charge is -2.17. The standard InChI is InChI=1S/C17H19N3O5S/c1-12-5-4-6-16(13(12)2)18-17(21)11-19(3)26(24,25)15-9-7-14(8-10-15)20(22)23/h4-10H,11H2,1-3H3,(H,18,21). The first-order valence-corrected chi connectivity index (χ1v) is 9.14. The van der Waals surface area contributed by atoms with E-state index in [9.17, 15) is 23.3 Å². The summed E-state index contributed by atoms with van der Waals surface area (Å²) in [5.74, 6) is -0.480. The third kappa shape index (κ3) is 4.24. The summed E-state index contributed by atoms with van der Waals surface area (Å²) in [6.45, 7) is 3.39. The van der Waals surface area contributed by atoms with Gasteiger partial charge in [0.25, 0.3) is 5.69 Å². The molecule has 2 rings (SSSR count). The van der Waals surface area contributed by atoms with Crippen LogP contribution in [0, 0.1) is 24.0 Å². The second kappa shape index (κ2) is 7.63. The molecule has 8 nitrogen and oxygen atoms in total. The van der Waals surface area contributed by atoms with E-state index < -0.39 is 20.9 Å². The SMILES string of the molecule is Cc1cccc(NC(=O)CN(C)S(=O)(=O)c2ccc([N+](=O)[O-])cc2)c1C. The molecule has 2 aromatic carbocycles. The number of nitro benzene ring substituents is 1. The number of hydrogen-bond acceptors (Lipinski definition) is 5. The van der Waals surface area contributed by atoms with E-state index in [-0.39, 0.29) is 17.1 Å². The first-order chi connectivity index (χ1) is 12.1. The number of sulfonamides is 1. The Morgan fingerprint density at radius 1 is 1.15 bits per heavy atom. The number of carbonyl (C=O) groups is 1. The average molecular weight is 377 g/mol. The Morgan fingerprint density at radius 3 is 2.35 bits per heavy atom. The van der Waals surface area contributed by atoms with Crippen molar-refractivity contribution in [2.45, 2.75) is 18.7 Å². The number of likely N-dealkylation sites (N-methyl/N-ethyl adjacent to an activating group) is 1. The van der Waals surface area contributed by atoms with Crippen molar-refractivity contribution in [3.8, 4) is 0 Å². The zero-order chi connectivity index (χ0) is 19.5. The number of nitrogens with one attached hydrogen (secondary N) is 1. The van der Waals surface area contributed by atoms with Crippen LogP contribution in [0.3, 0.4) is 0 Å². The molecule has 0 saturated carbocycles. The minimum absolute atomic E-state index is 0.120. The Morgan fingerprint density at radius 2 is 1.77 bits per heavy atom. The van der Waals surface area contributed by atoms with Crippen molar-refractivity contribution in [2.75, 3.05) is 18.9 Å². The van der Waals surface area contributed by atoms with Crippen LogP contribution >= 0.6 is 0 Å². The lowest BCUT2D eigenvalue weighted by molar-refractivity contribution is -0.384. The van der Waals surface area contributed by atoms with Gasteiger partial charge in [-0.3, -0.25) is 14.9 Å². The van der Waals surface area contributed by atoms with Gasteiger partial charge < -0.3 is 5.32 Å². The zero-order valence-corrected chi connectivity index (χ0v) is 15.4. The van der Waals surface area contributed by atoms with Crippen molar-refractivity contribution >= 4 is 27.3 Å². The number of benzene rings is 2. The Kier molecular flexibility index (Phi) is 5.73. The highest BCUT2D eigenvalue weighted by molar-refractivity contribution is 7.89. The number of rotatable bonds is 6. The molecule has 1 amide bonds. The fourth-order valence-electron chi connectivity index (χ4n) is 2.28. The molecule has 0 saturated heterocycles. The number of non-ortho nitro benzene ring substituents is 1. The van der Waals surface area contributed by atoms with Gasteiger partial charge in [0.15, 0.2) is 0 Å². The van der Waals surface area contributed by atoms with Crippen LogP contribution in [0.15, 0.2) is 47.4 Å². The molecule has 9 heteroatoms. The van der Waals surface area contributed by atoms with E-state index in [2.05, 4.69) is 5.32 Å². The van der Waals surface area contributed by atoms with Crippen molar-refractivity contribution in [2.24, 2.45) is 0 Å². The molecule has 0 aliphatic heterocycles. The molecule has 0 aromatic heterocycles. The zero-order valence-electron chi connectivity index (χ0n) is 14.6. The van der Waals surface area contributed by atoms with Crippen LogP contribution in [0.25, 0.3) is 0 Å². The molecule has 2 aromatic rings. The summed E-state index contributed by atoms with van der Waals surface area (Å²) in [6, 6.07) is 9.96. The van der Waals surface area contributed by atoms with Crippen LogP contribution < -0.4 is 5.32 Å². The summed E-state index contributed by atoms with van der Waals surface area (Å²) in [7, 11) is -2.66. The van der Waals surface area contributed by atoms with E-state index in [0.717, 1.165) is 39.7 Å². The summed E-state index contributed by atoms with van der Waals surface area (Å²) in [6.07, 6.45) is 0. The van der Waals surface area contributed by atoms with E-state index in [1.54, 1.807) is 12.1 Å². The van der Waals surface area contributed by atoms with Gasteiger partial charge in [-0.1, -0.05) is 12.1 Å². The smallest absolute Gasteiger partial charge is 0.269 e. The molecule has 0 bridgehead atoms. The van der Waals surface area contributed by atoms with Crippen LogP contribution in [-0.4, -0.2) is 37.1 Å². The number of amides is 1. The number of aryl methyl sites for hydroxylation is 1. The maximum absolute atomic E-state index is 12.5. The number of anilines is 1. The topological polar surface area (TPSA) is 110 Å². The lowest BCUT2D eigenvalue weighted by atomic mass is 10.1. The third-order valence-electron chi connectivity index (χ3n) is 4.00. The minimum atomic E-state index is -3.94. The molecule has 0 unspecified atom stereocenters. The van der Waals surface area contributed by atoms with Crippen LogP contribution in [0.1, 0.15) is 11.1 Å². The largest absolute Gasteiger partial charge is 0.325 e. The van der Waals surface area contributed by atoms with Gasteiger partial charge in [0, 0.05) is 24.9 Å². The van der Waals surface area contributed by atoms with Gasteiger partial charge in [0.05, 0.1) is 16.4 Å². The highest BCUT2D eigenvalue weighted by atomic mass is 32.2. The lowest BCUT2D eigenvalue weighted by Crippen LogP contribution is -2.35. The summed E-state index contributed by atoms with van der Waals surface area (Å²) < 4.78 is 25.9. The minimum Gasteiger partial charge on any atom is -0.325 e. The molecule has 0 heterocycles. The molecule has 26 heavy (non-hydrogen) atoms. The van der Waals surface area contributed by atoms with Gasteiger partial charge in [-0.05, 0) is 43.2 Å². The van der Waals surface area contributed by atoms with Gasteiger partial charge in [0.1, 0.15) is 0 Å². The van der Waals surface area contributed by atoms with Crippen molar-refractivity contribution in [3.63, 3.8) is 0 Å². The van der Waals surface area contributed by atoms with E-state index in [1.807, 2.05) is 19.9 Å². The maximum Gasteiger partial charge on any atom is 0.269 e. The van der Waals surface area contributed by atoms with Crippen LogP contribution in [0.4, 0.5) is 11.4 Å². The molecule has 0 aliphatic carbocycles. The summed E-state index contributed by atoms with van der Waals surface area (Å²) >= 11 is 0. The third-order valence-corrected chi connectivity index (χ3v) is 5.82. The van der Waals surface area contributed by atoms with Crippen molar-refractivity contribution in [1.82, 2.24) is 4.31 Å². The summed E-state index contributed by atoms with van der Waals surface area (Å²) in [5.41, 5.74) is 2.33. The molecule has 138 valence electrons. The molecular formula is C17H19N3O5S. The van der Waals surface area contributed by atoms with E-state index in [4.69, 9.17) is 0 Å². The molecule has 0 atom stereocenters. The summed E-state index contributed by atoms with van der Waals surface area (Å²) in [4.78, 5) is 22.1. The van der Waals surface area contributed by atoms with Crippen LogP contribution in [0.5, 0.6) is 0 Å². The average Bonchev–Trinajstić information content (AvgIpc) is 2.59. The Balaban J connectivity index is 2.12. The van der Waals surface area contributed by atoms with Gasteiger partial charge in [-0.25, -0.2) is 8.42 Å². The first-order valence-electron chi connectivity index (χ1n) is 7.70. The molecule has 1 N–H and O–H groups in total. The van der Waals surface area contributed by atoms with Gasteiger partial charge in [-0.15, -0.1) is 0 Å². The molecule has 0 fully saturated rings. The van der Waals surface area contributed by atoms with Gasteiger partial charge >= 0.3 is 0 Å². The Bertz CT molecular complexity index is 939. The Labute approximate surface area is 151 Å². The monoisotopic (exact) mass is 377 g/mol. The van der Waals surface area contributed by atoms with E-state index >= 15 is 0 Å². The number of carbonyl (C=O) groups excluding carboxylic acids is 1. The molecule has 0 radical (unpaired) electrons. The van der Waals surface area contributed by atoms with Crippen LogP contribution in [0.2, 0.25) is 0 Å². The fourth-order valence-corrected chi connectivity index (χ4v) is 3.41. The Hall–Kier alpha value is -2.78. The van der Waals surface area contributed by atoms with Crippen molar-refractivity contribution in [1.29, 1.82) is 0 Å². The van der Waals surface area contributed by atoms with Gasteiger partial charge in [-0.2, -0.15) is 4.31 Å². The normalized spacial score (nSPS) is 11.4. The highest BCUT2D eigenvalue weighted by Gasteiger charge is 2.24. The maximum atomic E-state index is 12.5. The fraction of sp³-hybridized carbons (Fsp3) is 0.235. The molecule has 0 spiro atoms. The molecular weight excluding hydrogens is 358 g/mol. The second-order valence-electron chi connectivity index (χ2n) is 5.81.